The van der Waals surface area contributed by atoms with Crippen molar-refractivity contribution < 1.29 is 4.79 Å². The molecule has 0 fully saturated rings. The number of nitrogens with one attached hydrogen (secondary N) is 1. The van der Waals surface area contributed by atoms with Crippen molar-refractivity contribution in [3.8, 4) is 0 Å². The SMILES string of the molecule is C=CNC(=O)CCS.CC.CC. The van der Waals surface area contributed by atoms with E-state index >= 15 is 0 Å². The van der Waals surface area contributed by atoms with Crippen LogP contribution in [0.4, 0.5) is 0 Å². The molecule has 0 radical (unpaired) electrons. The van der Waals surface area contributed by atoms with Crippen LogP contribution in [0.1, 0.15) is 34.1 Å². The van der Waals surface area contributed by atoms with Crippen molar-refractivity contribution >= 4 is 18.5 Å². The van der Waals surface area contributed by atoms with Crippen LogP contribution in [-0.4, -0.2) is 11.7 Å². The summed E-state index contributed by atoms with van der Waals surface area (Å²) in [6.45, 7) is 11.3. The highest BCUT2D eigenvalue weighted by molar-refractivity contribution is 7.80. The smallest absolute Gasteiger partial charge is 0.224 e. The fraction of sp³-hybridized carbons (Fsp3) is 0.667. The first-order chi connectivity index (χ1) is 5.81. The van der Waals surface area contributed by atoms with Crippen LogP contribution in [0.25, 0.3) is 0 Å². The van der Waals surface area contributed by atoms with E-state index in [0.717, 1.165) is 0 Å². The third-order valence-electron chi connectivity index (χ3n) is 0.602. The zero-order valence-corrected chi connectivity index (χ0v) is 9.45. The molecular weight excluding hydrogens is 170 g/mol. The Labute approximate surface area is 81.8 Å². The molecule has 0 saturated carbocycles. The lowest BCUT2D eigenvalue weighted by Gasteiger charge is -1.92. The fourth-order valence-corrected chi connectivity index (χ4v) is 0.491. The summed E-state index contributed by atoms with van der Waals surface area (Å²) in [7, 11) is 0. The molecule has 0 aromatic carbocycles. The minimum absolute atomic E-state index is 0.0324. The molecule has 2 nitrogen and oxygen atoms in total. The molecule has 0 atom stereocenters. The first kappa shape index (κ1) is 17.6. The topological polar surface area (TPSA) is 29.1 Å². The highest BCUT2D eigenvalue weighted by Gasteiger charge is 1.91. The lowest BCUT2D eigenvalue weighted by Crippen LogP contribution is -2.16. The van der Waals surface area contributed by atoms with E-state index in [9.17, 15) is 4.79 Å². The van der Waals surface area contributed by atoms with Gasteiger partial charge in [-0.15, -0.1) is 0 Å². The summed E-state index contributed by atoms with van der Waals surface area (Å²) in [5.41, 5.74) is 0. The average molecular weight is 191 g/mol. The van der Waals surface area contributed by atoms with Crippen molar-refractivity contribution in [2.24, 2.45) is 0 Å². The quantitative estimate of drug-likeness (QED) is 0.660. The standard InChI is InChI=1S/C5H9NOS.2C2H6/c1-2-6-5(7)3-4-8;2*1-2/h2,8H,1,3-4H2,(H,6,7);2*1-2H3. The minimum atomic E-state index is -0.0324. The molecule has 0 saturated heterocycles. The van der Waals surface area contributed by atoms with Crippen molar-refractivity contribution in [2.45, 2.75) is 34.1 Å². The molecule has 0 aliphatic heterocycles. The summed E-state index contributed by atoms with van der Waals surface area (Å²) >= 11 is 3.86. The predicted octanol–water partition coefficient (Wildman–Crippen LogP) is 2.62. The normalized spacial score (nSPS) is 6.42. The second-order valence-electron chi connectivity index (χ2n) is 1.25. The molecule has 0 aromatic rings. The second kappa shape index (κ2) is 22.4. The van der Waals surface area contributed by atoms with Crippen LogP contribution in [0, 0.1) is 0 Å². The van der Waals surface area contributed by atoms with Crippen LogP contribution < -0.4 is 5.32 Å². The minimum Gasteiger partial charge on any atom is -0.333 e. The van der Waals surface area contributed by atoms with Gasteiger partial charge in [0.1, 0.15) is 0 Å². The van der Waals surface area contributed by atoms with Crippen LogP contribution in [0.15, 0.2) is 12.8 Å². The average Bonchev–Trinajstić information content (AvgIpc) is 2.12. The highest BCUT2D eigenvalue weighted by atomic mass is 32.1. The molecule has 0 aliphatic rings. The Morgan fingerprint density at radius 1 is 1.42 bits per heavy atom. The third kappa shape index (κ3) is 22.7. The third-order valence-corrected chi connectivity index (χ3v) is 0.826. The van der Waals surface area contributed by atoms with Gasteiger partial charge in [0.2, 0.25) is 5.91 Å². The van der Waals surface area contributed by atoms with Crippen LogP contribution in [-0.2, 0) is 4.79 Å². The molecule has 0 rings (SSSR count). The molecule has 12 heavy (non-hydrogen) atoms. The van der Waals surface area contributed by atoms with Crippen molar-refractivity contribution in [1.82, 2.24) is 5.32 Å². The number of rotatable bonds is 3. The van der Waals surface area contributed by atoms with E-state index in [4.69, 9.17) is 0 Å². The van der Waals surface area contributed by atoms with Gasteiger partial charge in [-0.3, -0.25) is 4.79 Å². The lowest BCUT2D eigenvalue weighted by molar-refractivity contribution is -0.119. The van der Waals surface area contributed by atoms with Gasteiger partial charge >= 0.3 is 0 Å². The first-order valence-corrected chi connectivity index (χ1v) is 4.95. The summed E-state index contributed by atoms with van der Waals surface area (Å²) in [5.74, 6) is 0.551. The van der Waals surface area contributed by atoms with Crippen LogP contribution in [0.3, 0.4) is 0 Å². The maximum Gasteiger partial charge on any atom is 0.224 e. The van der Waals surface area contributed by atoms with E-state index in [1.807, 2.05) is 27.7 Å². The molecular formula is C9H21NOS. The molecule has 0 unspecified atom stereocenters. The Bertz CT molecular complexity index is 94.5. The molecule has 1 amide bonds. The summed E-state index contributed by atoms with van der Waals surface area (Å²) < 4.78 is 0. The first-order valence-electron chi connectivity index (χ1n) is 4.32. The van der Waals surface area contributed by atoms with Gasteiger partial charge in [-0.2, -0.15) is 12.6 Å². The number of carbonyl (C=O) groups excluding carboxylic acids is 1. The lowest BCUT2D eigenvalue weighted by atomic mass is 10.4. The summed E-state index contributed by atoms with van der Waals surface area (Å²) in [5, 5.41) is 2.42. The van der Waals surface area contributed by atoms with E-state index in [0.29, 0.717) is 12.2 Å². The second-order valence-corrected chi connectivity index (χ2v) is 1.69. The number of hydrogen-bond acceptors (Lipinski definition) is 2. The molecule has 74 valence electrons. The van der Waals surface area contributed by atoms with Crippen molar-refractivity contribution in [2.75, 3.05) is 5.75 Å². The van der Waals surface area contributed by atoms with Crippen molar-refractivity contribution in [3.05, 3.63) is 12.8 Å². The van der Waals surface area contributed by atoms with E-state index in [1.54, 1.807) is 0 Å². The summed E-state index contributed by atoms with van der Waals surface area (Å²) in [6, 6.07) is 0. The Morgan fingerprint density at radius 3 is 2.08 bits per heavy atom. The van der Waals surface area contributed by atoms with E-state index in [2.05, 4.69) is 24.5 Å². The molecule has 0 heterocycles. The number of amides is 1. The van der Waals surface area contributed by atoms with Gasteiger partial charge in [0.15, 0.2) is 0 Å². The van der Waals surface area contributed by atoms with Crippen molar-refractivity contribution in [1.29, 1.82) is 0 Å². The van der Waals surface area contributed by atoms with E-state index in [1.165, 1.54) is 6.20 Å². The van der Waals surface area contributed by atoms with Crippen LogP contribution in [0.5, 0.6) is 0 Å². The Hall–Kier alpha value is -0.440. The monoisotopic (exact) mass is 191 g/mol. The summed E-state index contributed by atoms with van der Waals surface area (Å²) in [6.07, 6.45) is 1.82. The van der Waals surface area contributed by atoms with Gasteiger partial charge in [0, 0.05) is 6.42 Å². The number of carbonyl (C=O) groups is 1. The molecule has 0 aliphatic carbocycles. The molecule has 0 spiro atoms. The Kier molecular flexibility index (Phi) is 32.9. The largest absolute Gasteiger partial charge is 0.333 e. The molecule has 3 heteroatoms. The fourth-order valence-electron chi connectivity index (χ4n) is 0.288. The zero-order valence-electron chi connectivity index (χ0n) is 8.55. The van der Waals surface area contributed by atoms with Crippen LogP contribution in [0.2, 0.25) is 0 Å². The number of hydrogen-bond donors (Lipinski definition) is 2. The Balaban J connectivity index is -0.000000175. The summed E-state index contributed by atoms with van der Waals surface area (Å²) in [4.78, 5) is 10.4. The van der Waals surface area contributed by atoms with Gasteiger partial charge in [0.05, 0.1) is 0 Å². The maximum atomic E-state index is 10.4. The molecule has 1 N–H and O–H groups in total. The zero-order chi connectivity index (χ0) is 10.4. The molecule has 0 bridgehead atoms. The van der Waals surface area contributed by atoms with Crippen molar-refractivity contribution in [3.63, 3.8) is 0 Å². The maximum absolute atomic E-state index is 10.4. The Morgan fingerprint density at radius 2 is 1.83 bits per heavy atom. The van der Waals surface area contributed by atoms with Gasteiger partial charge in [0.25, 0.3) is 0 Å². The van der Waals surface area contributed by atoms with Gasteiger partial charge in [-0.1, -0.05) is 34.3 Å². The van der Waals surface area contributed by atoms with Crippen LogP contribution >= 0.6 is 12.6 Å². The van der Waals surface area contributed by atoms with E-state index < -0.39 is 0 Å². The predicted molar refractivity (Wildman–Crippen MR) is 59.5 cm³/mol. The van der Waals surface area contributed by atoms with Gasteiger partial charge in [-0.05, 0) is 12.0 Å². The molecule has 0 aromatic heterocycles. The highest BCUT2D eigenvalue weighted by Crippen LogP contribution is 1.81. The number of thiol groups is 1. The van der Waals surface area contributed by atoms with E-state index in [-0.39, 0.29) is 5.91 Å². The van der Waals surface area contributed by atoms with Gasteiger partial charge in [-0.25, -0.2) is 0 Å². The van der Waals surface area contributed by atoms with Gasteiger partial charge < -0.3 is 5.32 Å².